The van der Waals surface area contributed by atoms with E-state index in [1.807, 2.05) is 196 Å². The molecule has 22 nitrogen and oxygen atoms in total. The first-order chi connectivity index (χ1) is 58.0. The molecule has 0 aliphatic carbocycles. The number of nitrogens with zero attached hydrogens (tertiary/aromatic N) is 10. The van der Waals surface area contributed by atoms with Crippen molar-refractivity contribution in [3.8, 4) is 0 Å². The monoisotopic (exact) mass is 2700 g/mol. The second-order valence-electron chi connectivity index (χ2n) is 24.4. The molecule has 3 fully saturated rings. The zero-order valence-corrected chi connectivity index (χ0v) is 105. The quantitative estimate of drug-likeness (QED) is 0.0419. The Morgan fingerprint density at radius 1 is 0.552 bits per heavy atom. The largest absolute Gasteiger partial charge is 1.00 e. The molecule has 0 saturated carbocycles. The van der Waals surface area contributed by atoms with Gasteiger partial charge in [0.05, 0.1) is 52.6 Å². The molecule has 0 amide bonds. The van der Waals surface area contributed by atoms with Gasteiger partial charge >= 0.3 is 1.43 Å². The van der Waals surface area contributed by atoms with Crippen molar-refractivity contribution >= 4 is 268 Å². The summed E-state index contributed by atoms with van der Waals surface area (Å²) < 4.78 is 108. The van der Waals surface area contributed by atoms with Gasteiger partial charge in [0, 0.05) is 132 Å². The number of benzene rings is 4. The number of hydrogen-bond acceptors (Lipinski definition) is 18. The van der Waals surface area contributed by atoms with E-state index in [2.05, 4.69) is 265 Å². The van der Waals surface area contributed by atoms with Crippen LogP contribution >= 0.6 is 180 Å². The van der Waals surface area contributed by atoms with Gasteiger partial charge in [-0.05, 0) is 133 Å². The Morgan fingerprint density at radius 3 is 1.06 bits per heavy atom. The molecular formula is C87H163BrI6N12O10P3S4V2-. The fraction of sp³-hybridized carbons (Fsp3) is 0.621. The number of halogens is 7. The third-order valence-electron chi connectivity index (χ3n) is 15.6. The van der Waals surface area contributed by atoms with E-state index in [1.165, 1.54) is 44.5 Å². The third kappa shape index (κ3) is 68.7. The number of sulfone groups is 4. The fourth-order valence-electron chi connectivity index (χ4n) is 9.49. The van der Waals surface area contributed by atoms with Crippen LogP contribution in [-0.4, -0.2) is 186 Å². The molecule has 3 atom stereocenters. The summed E-state index contributed by atoms with van der Waals surface area (Å²) in [6.07, 6.45) is 9.54. The summed E-state index contributed by atoms with van der Waals surface area (Å²) in [5, 5.41) is 35.0. The maximum absolute atomic E-state index is 11.8. The van der Waals surface area contributed by atoms with E-state index >= 15 is 0 Å². The van der Waals surface area contributed by atoms with Crippen LogP contribution in [0.5, 0.6) is 0 Å². The SMILES string of the molecule is CBr.CC.CC.CC.CC.CC.CC.CC.CC.CC(I)(I)I.CC(I)I.CC1(O)CCN(P)CC1.CC1=CCN(P)CC1.CC1CCNCC1.CCS(=O)(=O)c1[nH]nc2ccccc12.CCS(=O)(=O)c1nn(C)c2ccccc12.CCS(=O)(=O)c1nn(C)c2ccccc12.CCS(=O)(=O)c1nn(C)c2ccccc12.C[CH-]I.O=C1CCN(P)CC1.[CH2-]C.[H+].[V].[V]. The summed E-state index contributed by atoms with van der Waals surface area (Å²) in [5.41, 5.74) is 4.33. The van der Waals surface area contributed by atoms with Crippen LogP contribution in [0.15, 0.2) is 129 Å². The molecule has 4 aromatic carbocycles. The molecular weight excluding hydrogens is 2540 g/mol. The van der Waals surface area contributed by atoms with Crippen LogP contribution < -0.4 is 5.32 Å². The van der Waals surface area contributed by atoms with Crippen LogP contribution in [0.3, 0.4) is 0 Å². The molecule has 0 spiro atoms. The molecule has 3 N–H and O–H groups in total. The van der Waals surface area contributed by atoms with Crippen molar-refractivity contribution in [2.75, 3.05) is 81.2 Å². The van der Waals surface area contributed by atoms with Crippen LogP contribution in [0.1, 0.15) is 233 Å². The molecule has 38 heteroatoms. The third-order valence-corrected chi connectivity index (χ3v) is 23.8. The van der Waals surface area contributed by atoms with Crippen molar-refractivity contribution in [3.63, 3.8) is 0 Å². The second kappa shape index (κ2) is 90.3. The number of carbonyl (C=O) groups excluding carboxylic acids is 1. The van der Waals surface area contributed by atoms with Crippen molar-refractivity contribution in [3.05, 3.63) is 120 Å². The maximum atomic E-state index is 11.8. The van der Waals surface area contributed by atoms with Crippen LogP contribution in [0.25, 0.3) is 43.6 Å². The molecule has 8 heterocycles. The molecule has 2 radical (unpaired) electrons. The number of Topliss-reactive ketones (excluding diaryl/α,β-unsaturated/α-hetero) is 1. The summed E-state index contributed by atoms with van der Waals surface area (Å²) in [7, 11) is 0.304. The van der Waals surface area contributed by atoms with Crippen molar-refractivity contribution in [2.45, 2.75) is 259 Å². The summed E-state index contributed by atoms with van der Waals surface area (Å²) in [6, 6.07) is 29.1. The molecule has 125 heavy (non-hydrogen) atoms. The number of aliphatic hydroxyl groups is 1. The fourth-order valence-corrected chi connectivity index (χ4v) is 14.3. The van der Waals surface area contributed by atoms with Crippen molar-refractivity contribution in [1.82, 2.24) is 58.9 Å². The second-order valence-corrected chi connectivity index (χ2v) is 55.4. The number of nitrogens with one attached hydrogen (secondary N) is 2. The van der Waals surface area contributed by atoms with Gasteiger partial charge in [0.1, 0.15) is 5.22 Å². The molecule has 4 aliphatic heterocycles. The van der Waals surface area contributed by atoms with Crippen LogP contribution in [0.2, 0.25) is 0 Å². The number of aromatic nitrogens is 8. The van der Waals surface area contributed by atoms with E-state index in [4.69, 9.17) is 0 Å². The van der Waals surface area contributed by atoms with E-state index in [0.717, 1.165) is 82.8 Å². The predicted octanol–water partition coefficient (Wildman–Crippen LogP) is 25.9. The number of fused-ring (bicyclic) bond motifs is 4. The Bertz CT molecular complexity index is 4120. The van der Waals surface area contributed by atoms with Crippen molar-refractivity contribution < 1.29 is 82.1 Å². The minimum Gasteiger partial charge on any atom is -0.390 e. The van der Waals surface area contributed by atoms with Gasteiger partial charge in [0.2, 0.25) is 0 Å². The number of hydrogen-bond donors (Lipinski definition) is 3. The Labute approximate surface area is 885 Å². The Hall–Kier alpha value is 1.09. The van der Waals surface area contributed by atoms with Crippen LogP contribution in [0.4, 0.5) is 0 Å². The summed E-state index contributed by atoms with van der Waals surface area (Å²) in [5.74, 6) is 3.51. The first-order valence-corrected chi connectivity index (χ1v) is 59.3. The number of carbonyl (C=O) groups is 1. The average molecular weight is 2700 g/mol. The smallest absolute Gasteiger partial charge is 0.390 e. The first-order valence-electron chi connectivity index (χ1n) is 42.5. The predicted molar refractivity (Wildman–Crippen MR) is 606 cm³/mol. The van der Waals surface area contributed by atoms with E-state index in [9.17, 15) is 43.6 Å². The molecule has 3 saturated heterocycles. The number of aromatic amines is 1. The van der Waals surface area contributed by atoms with Gasteiger partial charge in [-0.15, -0.1) is 0 Å². The number of piperidine rings is 3. The topological polar surface area (TPSA) is 278 Å². The van der Waals surface area contributed by atoms with Gasteiger partial charge in [0.15, 0.2) is 59.5 Å². The summed E-state index contributed by atoms with van der Waals surface area (Å²) in [6.45, 7) is 64.8. The Balaban J connectivity index is -0.000000113. The van der Waals surface area contributed by atoms with Gasteiger partial charge in [-0.2, -0.15) is 34.2 Å². The molecule has 3 unspecified atom stereocenters. The first kappa shape index (κ1) is 149. The van der Waals surface area contributed by atoms with E-state index in [1.54, 1.807) is 106 Å². The summed E-state index contributed by atoms with van der Waals surface area (Å²) >= 11 is 16.8. The normalized spacial score (nSPS) is 13.6. The van der Waals surface area contributed by atoms with Crippen LogP contribution in [-0.2, 0) is 102 Å². The minimum atomic E-state index is -3.24. The van der Waals surface area contributed by atoms with Gasteiger partial charge in [-0.1, -0.05) is 363 Å². The number of rotatable bonds is 8. The molecule has 0 bridgehead atoms. The van der Waals surface area contributed by atoms with Crippen molar-refractivity contribution in [2.24, 2.45) is 27.1 Å². The van der Waals surface area contributed by atoms with Gasteiger partial charge in [0.25, 0.3) is 0 Å². The number of aryl methyl sites for hydroxylation is 3. The van der Waals surface area contributed by atoms with Crippen molar-refractivity contribution in [1.29, 1.82) is 0 Å². The van der Waals surface area contributed by atoms with Crippen LogP contribution in [0, 0.1) is 17.3 Å². The molecule has 8 aromatic rings. The Kier molecular flexibility index (Phi) is 108. The minimum absolute atomic E-state index is 0. The van der Waals surface area contributed by atoms with Gasteiger partial charge in [-0.3, -0.25) is 42.4 Å². The summed E-state index contributed by atoms with van der Waals surface area (Å²) in [4.78, 5) is 10.6. The molecule has 4 aliphatic rings. The van der Waals surface area contributed by atoms with E-state index in [-0.39, 0.29) is 81.7 Å². The van der Waals surface area contributed by atoms with E-state index < -0.39 is 45.0 Å². The number of alkyl halides is 6. The molecule has 12 rings (SSSR count). The van der Waals surface area contributed by atoms with Gasteiger partial charge in [-0.25, -0.2) is 33.7 Å². The molecule has 4 aromatic heterocycles. The maximum Gasteiger partial charge on any atom is 1.00 e. The number of para-hydroxylation sites is 4. The zero-order valence-electron chi connectivity index (χ0n) is 82.2. The average Bonchev–Trinajstić information content (AvgIpc) is 1.65. The Morgan fingerprint density at radius 2 is 0.816 bits per heavy atom. The zero-order chi connectivity index (χ0) is 98.1. The molecule has 730 valence electrons. The number of H-pyrrole nitrogens is 1. The standard InChI is InChI=1S/3C10H12N2O2S.C9H10N2O2S.C6H14NOP.C6H12NP.C6H13N.C5H10NOP.C2H3I3.C2H4I2.C2H4I.8C2H6.C2H5.CH3Br.2V/c3*1-3-15(13,14)10-8-6-4-5-7-9(8)12(2)11-10;1-2-14(12,13)9-7-5-3-4-6-8(7)10-11-9;1-6(8)2-4-7(9)5-3-6;1-6-2-4-7(8)5-3-6;1-6-2-4-7-5-3-6;7-5-1-3-6(8)4-2-5;1-2(3,4)5;1-2(3)4;1-2-3;10*1-2;;/h3*4-7H,3H2,1-2H3;3-6H,2H2,1H3,(H,10,11);8H,2-5,9H2,1H3;2H,3-5,8H2,1H3;6-7H,2-5H2,1H3;1-4,8H2;1H3;2H,1H3;2H,1H3;8*1-2H3;1H2,2H3;1H3;;/q;;;;;;;;;;-1;;;;;;;;;-1;;;/p+1. The van der Waals surface area contributed by atoms with Gasteiger partial charge < -0.3 is 39.9 Å². The number of ketones is 1. The van der Waals surface area contributed by atoms with E-state index in [0.29, 0.717) is 32.3 Å².